The fraction of sp³-hybridized carbons (Fsp3) is 0.250. The summed E-state index contributed by atoms with van der Waals surface area (Å²) in [7, 11) is 2.04. The lowest BCUT2D eigenvalue weighted by Crippen LogP contribution is -2.18. The lowest BCUT2D eigenvalue weighted by Gasteiger charge is -2.22. The minimum atomic E-state index is 0.0563. The predicted octanol–water partition coefficient (Wildman–Crippen LogP) is 3.89. The molecule has 0 amide bonds. The molecule has 0 atom stereocenters. The number of halogens is 1. The number of aliphatic hydroxyl groups is 1. The lowest BCUT2D eigenvalue weighted by molar-refractivity contribution is 0.282. The summed E-state index contributed by atoms with van der Waals surface area (Å²) in [6, 6.07) is 14.4. The van der Waals surface area contributed by atoms with E-state index in [9.17, 15) is 5.11 Å². The van der Waals surface area contributed by atoms with Gasteiger partial charge in [0.2, 0.25) is 0 Å². The number of aliphatic hydroxyl groups excluding tert-OH is 1. The van der Waals surface area contributed by atoms with Gasteiger partial charge in [-0.2, -0.15) is 0 Å². The second-order valence-electron chi connectivity index (χ2n) is 4.78. The highest BCUT2D eigenvalue weighted by Gasteiger charge is 2.08. The molecule has 0 bridgehead atoms. The van der Waals surface area contributed by atoms with E-state index < -0.39 is 0 Å². The maximum absolute atomic E-state index is 9.43. The summed E-state index contributed by atoms with van der Waals surface area (Å²) in [5, 5.41) is 9.43. The van der Waals surface area contributed by atoms with Crippen LogP contribution in [0.1, 0.15) is 16.7 Å². The standard InChI is InChI=1S/C16H18BrNO/c1-12-4-3-5-13(8-12)10-18(2)16-9-15(17)7-6-14(16)11-19/h3-9,19H,10-11H2,1-2H3. The molecule has 19 heavy (non-hydrogen) atoms. The van der Waals surface area contributed by atoms with Crippen molar-refractivity contribution >= 4 is 21.6 Å². The van der Waals surface area contributed by atoms with Gasteiger partial charge in [-0.25, -0.2) is 0 Å². The molecule has 0 unspecified atom stereocenters. The monoisotopic (exact) mass is 319 g/mol. The SMILES string of the molecule is Cc1cccc(CN(C)c2cc(Br)ccc2CO)c1. The van der Waals surface area contributed by atoms with Gasteiger partial charge in [-0.1, -0.05) is 51.8 Å². The fourth-order valence-corrected chi connectivity index (χ4v) is 2.54. The zero-order chi connectivity index (χ0) is 13.8. The topological polar surface area (TPSA) is 23.5 Å². The number of benzene rings is 2. The van der Waals surface area contributed by atoms with Crippen LogP contribution in [-0.4, -0.2) is 12.2 Å². The first-order valence-corrected chi connectivity index (χ1v) is 7.05. The number of anilines is 1. The lowest BCUT2D eigenvalue weighted by atomic mass is 10.1. The molecule has 0 heterocycles. The Bertz CT molecular complexity index is 568. The van der Waals surface area contributed by atoms with E-state index in [1.54, 1.807) is 0 Å². The van der Waals surface area contributed by atoms with Crippen molar-refractivity contribution in [3.8, 4) is 0 Å². The highest BCUT2D eigenvalue weighted by Crippen LogP contribution is 2.25. The van der Waals surface area contributed by atoms with Crippen molar-refractivity contribution in [2.75, 3.05) is 11.9 Å². The first kappa shape index (κ1) is 14.1. The van der Waals surface area contributed by atoms with Gasteiger partial charge in [0.15, 0.2) is 0 Å². The first-order valence-electron chi connectivity index (χ1n) is 6.26. The summed E-state index contributed by atoms with van der Waals surface area (Å²) in [6.07, 6.45) is 0. The molecule has 0 saturated carbocycles. The summed E-state index contributed by atoms with van der Waals surface area (Å²) in [5.41, 5.74) is 4.53. The van der Waals surface area contributed by atoms with Crippen LogP contribution in [0.15, 0.2) is 46.9 Å². The Morgan fingerprint density at radius 1 is 1.16 bits per heavy atom. The van der Waals surface area contributed by atoms with Crippen molar-refractivity contribution in [1.29, 1.82) is 0 Å². The van der Waals surface area contributed by atoms with Crippen LogP contribution in [0.5, 0.6) is 0 Å². The van der Waals surface area contributed by atoms with Gasteiger partial charge < -0.3 is 10.0 Å². The molecule has 0 aromatic heterocycles. The smallest absolute Gasteiger partial charge is 0.0702 e. The van der Waals surface area contributed by atoms with Crippen LogP contribution in [0.2, 0.25) is 0 Å². The number of nitrogens with zero attached hydrogens (tertiary/aromatic N) is 1. The molecule has 2 nitrogen and oxygen atoms in total. The molecule has 100 valence electrons. The van der Waals surface area contributed by atoms with Gasteiger partial charge in [-0.15, -0.1) is 0 Å². The molecule has 2 aromatic carbocycles. The highest BCUT2D eigenvalue weighted by molar-refractivity contribution is 9.10. The minimum absolute atomic E-state index is 0.0563. The highest BCUT2D eigenvalue weighted by atomic mass is 79.9. The van der Waals surface area contributed by atoms with Gasteiger partial charge in [-0.3, -0.25) is 0 Å². The summed E-state index contributed by atoms with van der Waals surface area (Å²) < 4.78 is 1.02. The zero-order valence-corrected chi connectivity index (χ0v) is 12.8. The van der Waals surface area contributed by atoms with E-state index in [1.165, 1.54) is 11.1 Å². The van der Waals surface area contributed by atoms with Crippen LogP contribution in [-0.2, 0) is 13.2 Å². The van der Waals surface area contributed by atoms with Crippen molar-refractivity contribution < 1.29 is 5.11 Å². The Hall–Kier alpha value is -1.32. The summed E-state index contributed by atoms with van der Waals surface area (Å²) in [6.45, 7) is 2.98. The molecule has 0 radical (unpaired) electrons. The third-order valence-electron chi connectivity index (χ3n) is 3.13. The van der Waals surface area contributed by atoms with E-state index in [1.807, 2.05) is 25.2 Å². The van der Waals surface area contributed by atoms with E-state index in [0.717, 1.165) is 22.3 Å². The van der Waals surface area contributed by atoms with Crippen molar-refractivity contribution in [3.63, 3.8) is 0 Å². The zero-order valence-electron chi connectivity index (χ0n) is 11.2. The maximum Gasteiger partial charge on any atom is 0.0702 e. The number of rotatable bonds is 4. The third kappa shape index (κ3) is 3.58. The van der Waals surface area contributed by atoms with Crippen LogP contribution < -0.4 is 4.90 Å². The van der Waals surface area contributed by atoms with E-state index in [-0.39, 0.29) is 6.61 Å². The molecule has 0 saturated heterocycles. The van der Waals surface area contributed by atoms with Gasteiger partial charge in [-0.05, 0) is 24.6 Å². The molecule has 0 aliphatic carbocycles. The van der Waals surface area contributed by atoms with Crippen LogP contribution >= 0.6 is 15.9 Å². The normalized spacial score (nSPS) is 10.5. The van der Waals surface area contributed by atoms with E-state index in [4.69, 9.17) is 0 Å². The molecule has 2 rings (SSSR count). The molecule has 0 aliphatic rings. The van der Waals surface area contributed by atoms with Crippen molar-refractivity contribution in [1.82, 2.24) is 0 Å². The van der Waals surface area contributed by atoms with Crippen LogP contribution in [0.4, 0.5) is 5.69 Å². The number of hydrogen-bond donors (Lipinski definition) is 1. The Morgan fingerprint density at radius 3 is 2.63 bits per heavy atom. The van der Waals surface area contributed by atoms with Crippen LogP contribution in [0.3, 0.4) is 0 Å². The van der Waals surface area contributed by atoms with Crippen LogP contribution in [0, 0.1) is 6.92 Å². The summed E-state index contributed by atoms with van der Waals surface area (Å²) in [4.78, 5) is 2.16. The Balaban J connectivity index is 2.24. The number of hydrogen-bond acceptors (Lipinski definition) is 2. The van der Waals surface area contributed by atoms with Gasteiger partial charge in [0.25, 0.3) is 0 Å². The van der Waals surface area contributed by atoms with Gasteiger partial charge in [0, 0.05) is 29.3 Å². The van der Waals surface area contributed by atoms with Crippen LogP contribution in [0.25, 0.3) is 0 Å². The minimum Gasteiger partial charge on any atom is -0.392 e. The molecule has 0 fully saturated rings. The fourth-order valence-electron chi connectivity index (χ4n) is 2.20. The molecule has 0 spiro atoms. The molecule has 0 aliphatic heterocycles. The van der Waals surface area contributed by atoms with Gasteiger partial charge >= 0.3 is 0 Å². The summed E-state index contributed by atoms with van der Waals surface area (Å²) >= 11 is 3.48. The average molecular weight is 320 g/mol. The third-order valence-corrected chi connectivity index (χ3v) is 3.62. The molecular formula is C16H18BrNO. The Labute approximate surface area is 122 Å². The molecule has 2 aromatic rings. The van der Waals surface area contributed by atoms with E-state index in [0.29, 0.717) is 0 Å². The quantitative estimate of drug-likeness (QED) is 0.924. The molecule has 1 N–H and O–H groups in total. The number of aryl methyl sites for hydroxylation is 1. The Morgan fingerprint density at radius 2 is 1.95 bits per heavy atom. The largest absolute Gasteiger partial charge is 0.392 e. The van der Waals surface area contributed by atoms with E-state index >= 15 is 0 Å². The maximum atomic E-state index is 9.43. The van der Waals surface area contributed by atoms with Crippen molar-refractivity contribution in [2.24, 2.45) is 0 Å². The van der Waals surface area contributed by atoms with Gasteiger partial charge in [0.05, 0.1) is 6.61 Å². The van der Waals surface area contributed by atoms with Crippen molar-refractivity contribution in [2.45, 2.75) is 20.1 Å². The molecular weight excluding hydrogens is 302 g/mol. The first-order chi connectivity index (χ1) is 9.10. The average Bonchev–Trinajstić information content (AvgIpc) is 2.38. The second-order valence-corrected chi connectivity index (χ2v) is 5.69. The Kier molecular flexibility index (Phi) is 4.61. The van der Waals surface area contributed by atoms with Gasteiger partial charge in [0.1, 0.15) is 0 Å². The predicted molar refractivity (Wildman–Crippen MR) is 83.4 cm³/mol. The second kappa shape index (κ2) is 6.22. The molecule has 3 heteroatoms. The van der Waals surface area contributed by atoms with Crippen molar-refractivity contribution in [3.05, 3.63) is 63.6 Å². The van der Waals surface area contributed by atoms with E-state index in [2.05, 4.69) is 52.0 Å². The summed E-state index contributed by atoms with van der Waals surface area (Å²) in [5.74, 6) is 0.